The van der Waals surface area contributed by atoms with Crippen molar-refractivity contribution >= 4 is 10.0 Å². The Morgan fingerprint density at radius 3 is 2.67 bits per heavy atom. The van der Waals surface area contributed by atoms with Crippen LogP contribution in [0.4, 0.5) is 0 Å². The highest BCUT2D eigenvalue weighted by molar-refractivity contribution is 7.89. The van der Waals surface area contributed by atoms with E-state index in [9.17, 15) is 8.42 Å². The maximum absolute atomic E-state index is 12.3. The second kappa shape index (κ2) is 7.24. The second-order valence-corrected chi connectivity index (χ2v) is 7.17. The normalized spacial score (nSPS) is 15.7. The van der Waals surface area contributed by atoms with E-state index in [0.29, 0.717) is 29.7 Å². The first-order valence-electron chi connectivity index (χ1n) is 7.44. The van der Waals surface area contributed by atoms with E-state index < -0.39 is 10.0 Å². The van der Waals surface area contributed by atoms with Crippen molar-refractivity contribution < 1.29 is 13.2 Å². The Balaban J connectivity index is 2.13. The Morgan fingerprint density at radius 2 is 2.10 bits per heavy atom. The van der Waals surface area contributed by atoms with Gasteiger partial charge in [-0.2, -0.15) is 0 Å². The van der Waals surface area contributed by atoms with Gasteiger partial charge >= 0.3 is 0 Å². The van der Waals surface area contributed by atoms with Gasteiger partial charge in [0.2, 0.25) is 10.0 Å². The minimum atomic E-state index is -3.44. The largest absolute Gasteiger partial charge is 0.496 e. The molecule has 1 aromatic carbocycles. The van der Waals surface area contributed by atoms with Crippen molar-refractivity contribution in [2.24, 2.45) is 5.92 Å². The molecule has 0 aromatic heterocycles. The Bertz CT molecular complexity index is 568. The summed E-state index contributed by atoms with van der Waals surface area (Å²) in [6.07, 6.45) is 3.45. The zero-order valence-corrected chi connectivity index (χ0v) is 13.5. The van der Waals surface area contributed by atoms with E-state index in [4.69, 9.17) is 4.74 Å². The van der Waals surface area contributed by atoms with Gasteiger partial charge in [0.05, 0.1) is 12.0 Å². The number of hydrogen-bond acceptors (Lipinski definition) is 4. The highest BCUT2D eigenvalue weighted by Crippen LogP contribution is 2.26. The van der Waals surface area contributed by atoms with E-state index in [1.807, 2.05) is 6.92 Å². The van der Waals surface area contributed by atoms with Crippen LogP contribution in [0.5, 0.6) is 5.75 Å². The lowest BCUT2D eigenvalue weighted by Crippen LogP contribution is -2.32. The summed E-state index contributed by atoms with van der Waals surface area (Å²) in [5.74, 6) is 1.20. The fraction of sp³-hybridized carbons (Fsp3) is 0.600. The number of benzene rings is 1. The molecule has 0 aliphatic heterocycles. The van der Waals surface area contributed by atoms with Crippen LogP contribution in [-0.4, -0.2) is 28.6 Å². The molecule has 0 spiro atoms. The third kappa shape index (κ3) is 4.18. The van der Waals surface area contributed by atoms with Gasteiger partial charge in [0.15, 0.2) is 0 Å². The fourth-order valence-electron chi connectivity index (χ4n) is 2.33. The molecule has 1 aliphatic carbocycles. The number of ether oxygens (including phenoxy) is 1. The van der Waals surface area contributed by atoms with Crippen LogP contribution in [0.25, 0.3) is 0 Å². The molecule has 0 unspecified atom stereocenters. The summed E-state index contributed by atoms with van der Waals surface area (Å²) in [5, 5.41) is 3.19. The summed E-state index contributed by atoms with van der Waals surface area (Å²) < 4.78 is 32.6. The summed E-state index contributed by atoms with van der Waals surface area (Å²) in [7, 11) is -1.85. The molecule has 2 N–H and O–H groups in total. The molecule has 2 rings (SSSR count). The molecule has 1 saturated carbocycles. The lowest BCUT2D eigenvalue weighted by atomic mass is 9.86. The molecule has 0 atom stereocenters. The lowest BCUT2D eigenvalue weighted by Gasteiger charge is -2.25. The van der Waals surface area contributed by atoms with E-state index >= 15 is 0 Å². The molecule has 5 nitrogen and oxygen atoms in total. The van der Waals surface area contributed by atoms with Gasteiger partial charge in [-0.3, -0.25) is 0 Å². The van der Waals surface area contributed by atoms with Gasteiger partial charge in [-0.1, -0.05) is 13.3 Å². The predicted octanol–water partition coefficient (Wildman–Crippen LogP) is 1.88. The van der Waals surface area contributed by atoms with E-state index in [1.54, 1.807) is 25.3 Å². The Kier molecular flexibility index (Phi) is 5.61. The number of hydrogen-bond donors (Lipinski definition) is 2. The highest BCUT2D eigenvalue weighted by Gasteiger charge is 2.22. The molecule has 1 fully saturated rings. The van der Waals surface area contributed by atoms with Gasteiger partial charge in [-0.15, -0.1) is 0 Å². The third-order valence-corrected chi connectivity index (χ3v) is 5.34. The summed E-state index contributed by atoms with van der Waals surface area (Å²) in [6.45, 7) is 3.95. The van der Waals surface area contributed by atoms with Crippen molar-refractivity contribution in [1.82, 2.24) is 10.0 Å². The fourth-order valence-corrected chi connectivity index (χ4v) is 3.49. The maximum Gasteiger partial charge on any atom is 0.240 e. The molecule has 6 heteroatoms. The van der Waals surface area contributed by atoms with Gasteiger partial charge in [-0.25, -0.2) is 13.1 Å². The first-order chi connectivity index (χ1) is 10.1. The van der Waals surface area contributed by atoms with Crippen LogP contribution in [-0.2, 0) is 16.6 Å². The zero-order chi connectivity index (χ0) is 15.3. The average Bonchev–Trinajstić information content (AvgIpc) is 2.42. The van der Waals surface area contributed by atoms with E-state index in [0.717, 1.165) is 24.9 Å². The molecule has 1 aliphatic rings. The van der Waals surface area contributed by atoms with Gasteiger partial charge in [-0.05, 0) is 43.5 Å². The molecule has 21 heavy (non-hydrogen) atoms. The standard InChI is InChI=1S/C15H24N2O3S/c1-3-16-11-13-9-14(7-8-15(13)20-2)21(18,19)17-10-12-5-4-6-12/h7-9,12,16-17H,3-6,10-11H2,1-2H3. The SMILES string of the molecule is CCNCc1cc(S(=O)(=O)NCC2CCC2)ccc1OC. The number of methoxy groups -OCH3 is 1. The van der Waals surface area contributed by atoms with Crippen LogP contribution in [0.1, 0.15) is 31.7 Å². The minimum absolute atomic E-state index is 0.301. The molecule has 0 heterocycles. The Hall–Kier alpha value is -1.11. The quantitative estimate of drug-likeness (QED) is 0.769. The predicted molar refractivity (Wildman–Crippen MR) is 82.9 cm³/mol. The number of rotatable bonds is 8. The van der Waals surface area contributed by atoms with Crippen LogP contribution in [0, 0.1) is 5.92 Å². The van der Waals surface area contributed by atoms with E-state index in [2.05, 4.69) is 10.0 Å². The van der Waals surface area contributed by atoms with Crippen molar-refractivity contribution in [1.29, 1.82) is 0 Å². The molecule has 118 valence electrons. The van der Waals surface area contributed by atoms with Crippen LogP contribution in [0.15, 0.2) is 23.1 Å². The number of nitrogens with one attached hydrogen (secondary N) is 2. The molecule has 1 aromatic rings. The molecule has 0 saturated heterocycles. The second-order valence-electron chi connectivity index (χ2n) is 5.40. The summed E-state index contributed by atoms with van der Waals surface area (Å²) in [6, 6.07) is 4.99. The van der Waals surface area contributed by atoms with Crippen LogP contribution < -0.4 is 14.8 Å². The van der Waals surface area contributed by atoms with Gasteiger partial charge in [0.1, 0.15) is 5.75 Å². The molecular formula is C15H24N2O3S. The topological polar surface area (TPSA) is 67.4 Å². The Morgan fingerprint density at radius 1 is 1.33 bits per heavy atom. The summed E-state index contributed by atoms with van der Waals surface area (Å²) in [4.78, 5) is 0.301. The average molecular weight is 312 g/mol. The van der Waals surface area contributed by atoms with Gasteiger partial charge in [0.25, 0.3) is 0 Å². The monoisotopic (exact) mass is 312 g/mol. The first-order valence-corrected chi connectivity index (χ1v) is 8.92. The van der Waals surface area contributed by atoms with Crippen LogP contribution >= 0.6 is 0 Å². The summed E-state index contributed by atoms with van der Waals surface area (Å²) in [5.41, 5.74) is 0.853. The minimum Gasteiger partial charge on any atom is -0.496 e. The first kappa shape index (κ1) is 16.3. The number of sulfonamides is 1. The Labute approximate surface area is 127 Å². The van der Waals surface area contributed by atoms with Crippen LogP contribution in [0.2, 0.25) is 0 Å². The zero-order valence-electron chi connectivity index (χ0n) is 12.7. The summed E-state index contributed by atoms with van der Waals surface area (Å²) >= 11 is 0. The van der Waals surface area contributed by atoms with E-state index in [1.165, 1.54) is 6.42 Å². The lowest BCUT2D eigenvalue weighted by molar-refractivity contribution is 0.316. The molecule has 0 bridgehead atoms. The van der Waals surface area contributed by atoms with Gasteiger partial charge in [0, 0.05) is 18.7 Å². The van der Waals surface area contributed by atoms with Crippen molar-refractivity contribution in [2.45, 2.75) is 37.6 Å². The van der Waals surface area contributed by atoms with Crippen molar-refractivity contribution in [3.63, 3.8) is 0 Å². The maximum atomic E-state index is 12.3. The molecule has 0 radical (unpaired) electrons. The van der Waals surface area contributed by atoms with Gasteiger partial charge < -0.3 is 10.1 Å². The van der Waals surface area contributed by atoms with E-state index in [-0.39, 0.29) is 0 Å². The van der Waals surface area contributed by atoms with Crippen molar-refractivity contribution in [3.8, 4) is 5.75 Å². The highest BCUT2D eigenvalue weighted by atomic mass is 32.2. The third-order valence-electron chi connectivity index (χ3n) is 3.91. The van der Waals surface area contributed by atoms with Crippen molar-refractivity contribution in [3.05, 3.63) is 23.8 Å². The smallest absolute Gasteiger partial charge is 0.240 e. The molecule has 0 amide bonds. The van der Waals surface area contributed by atoms with Crippen LogP contribution in [0.3, 0.4) is 0 Å². The van der Waals surface area contributed by atoms with Crippen molar-refractivity contribution in [2.75, 3.05) is 20.2 Å². The molecular weight excluding hydrogens is 288 g/mol.